The Bertz CT molecular complexity index is 658. The van der Waals surface area contributed by atoms with Crippen molar-refractivity contribution in [2.24, 2.45) is 5.92 Å². The van der Waals surface area contributed by atoms with Crippen molar-refractivity contribution in [3.05, 3.63) is 23.8 Å². The van der Waals surface area contributed by atoms with Crippen LogP contribution in [0.5, 0.6) is 5.75 Å². The molecule has 5 heteroatoms. The normalized spacial score (nSPS) is 26.0. The molecular weight excluding hydrogens is 316 g/mol. The molecule has 5 nitrogen and oxygen atoms in total. The van der Waals surface area contributed by atoms with Gasteiger partial charge in [-0.05, 0) is 49.8 Å². The lowest BCUT2D eigenvalue weighted by Crippen LogP contribution is -2.51. The minimum Gasteiger partial charge on any atom is -0.478 e. The molecule has 1 aromatic rings. The molecule has 1 fully saturated rings. The lowest BCUT2D eigenvalue weighted by Gasteiger charge is -2.35. The Balaban J connectivity index is 1.76. The summed E-state index contributed by atoms with van der Waals surface area (Å²) in [5.74, 6) is 0.954. The summed E-state index contributed by atoms with van der Waals surface area (Å²) in [4.78, 5) is 26.9. The first-order chi connectivity index (χ1) is 12.0. The second-order valence-corrected chi connectivity index (χ2v) is 7.35. The lowest BCUT2D eigenvalue weighted by molar-refractivity contribution is -0.129. The molecule has 1 aliphatic carbocycles. The molecule has 2 aliphatic rings. The predicted molar refractivity (Wildman–Crippen MR) is 97.8 cm³/mol. The number of ether oxygens (including phenoxy) is 1. The van der Waals surface area contributed by atoms with Crippen molar-refractivity contribution < 1.29 is 14.3 Å². The summed E-state index contributed by atoms with van der Waals surface area (Å²) < 4.78 is 5.80. The largest absolute Gasteiger partial charge is 0.478 e. The zero-order valence-electron chi connectivity index (χ0n) is 15.4. The van der Waals surface area contributed by atoms with E-state index in [-0.39, 0.29) is 24.4 Å². The smallest absolute Gasteiger partial charge is 0.268 e. The Morgan fingerprint density at radius 2 is 2.08 bits per heavy atom. The number of aryl methyl sites for hydroxylation is 1. The van der Waals surface area contributed by atoms with Gasteiger partial charge in [0.25, 0.3) is 5.91 Å². The van der Waals surface area contributed by atoms with Crippen molar-refractivity contribution in [3.8, 4) is 5.75 Å². The zero-order chi connectivity index (χ0) is 18.0. The van der Waals surface area contributed by atoms with Crippen LogP contribution in [0.15, 0.2) is 18.2 Å². The van der Waals surface area contributed by atoms with Crippen LogP contribution in [0.4, 0.5) is 5.69 Å². The van der Waals surface area contributed by atoms with Crippen molar-refractivity contribution in [1.82, 2.24) is 5.32 Å². The molecule has 1 N–H and O–H groups in total. The second kappa shape index (κ2) is 7.46. The number of hydrogen-bond acceptors (Lipinski definition) is 3. The van der Waals surface area contributed by atoms with Crippen molar-refractivity contribution in [2.75, 3.05) is 11.4 Å². The van der Waals surface area contributed by atoms with Crippen LogP contribution < -0.4 is 15.0 Å². The van der Waals surface area contributed by atoms with E-state index in [1.54, 1.807) is 4.90 Å². The van der Waals surface area contributed by atoms with Crippen molar-refractivity contribution in [1.29, 1.82) is 0 Å². The zero-order valence-corrected chi connectivity index (χ0v) is 15.4. The maximum Gasteiger partial charge on any atom is 0.268 e. The van der Waals surface area contributed by atoms with Gasteiger partial charge in [-0.1, -0.05) is 32.8 Å². The third-order valence-electron chi connectivity index (χ3n) is 5.35. The third kappa shape index (κ3) is 3.80. The number of anilines is 1. The molecule has 25 heavy (non-hydrogen) atoms. The monoisotopic (exact) mass is 344 g/mol. The van der Waals surface area contributed by atoms with Gasteiger partial charge in [-0.3, -0.25) is 14.5 Å². The number of nitrogens with one attached hydrogen (secondary N) is 1. The third-order valence-corrected chi connectivity index (χ3v) is 5.35. The van der Waals surface area contributed by atoms with Gasteiger partial charge in [0.05, 0.1) is 5.69 Å². The topological polar surface area (TPSA) is 58.6 Å². The lowest BCUT2D eigenvalue weighted by atomic mass is 9.86. The van der Waals surface area contributed by atoms with Gasteiger partial charge in [0.2, 0.25) is 5.91 Å². The number of hydrogen-bond donors (Lipinski definition) is 1. The standard InChI is InChI=1S/C20H28N2O3/c1-4-17-20(24)22(16-11-13(2)9-10-18(16)25-17)12-19(23)21-15-8-6-5-7-14(15)3/h9-11,14-15,17H,4-8,12H2,1-3H3,(H,21,23)/t14-,15-,17-/m0/s1. The summed E-state index contributed by atoms with van der Waals surface area (Å²) in [6, 6.07) is 5.98. The van der Waals surface area contributed by atoms with E-state index in [0.29, 0.717) is 23.8 Å². The molecule has 1 aromatic carbocycles. The molecular formula is C20H28N2O3. The molecule has 1 aliphatic heterocycles. The molecule has 3 rings (SSSR count). The van der Waals surface area contributed by atoms with Crippen molar-refractivity contribution in [2.45, 2.75) is 65.0 Å². The maximum atomic E-state index is 12.7. The Morgan fingerprint density at radius 1 is 1.32 bits per heavy atom. The van der Waals surface area contributed by atoms with Gasteiger partial charge < -0.3 is 10.1 Å². The average Bonchev–Trinajstić information content (AvgIpc) is 2.59. The second-order valence-electron chi connectivity index (χ2n) is 7.35. The molecule has 0 spiro atoms. The van der Waals surface area contributed by atoms with E-state index in [1.807, 2.05) is 32.0 Å². The van der Waals surface area contributed by atoms with Gasteiger partial charge in [0, 0.05) is 6.04 Å². The Morgan fingerprint density at radius 3 is 2.80 bits per heavy atom. The van der Waals surface area contributed by atoms with Crippen LogP contribution in [-0.4, -0.2) is 30.5 Å². The summed E-state index contributed by atoms with van der Waals surface area (Å²) in [6.07, 6.45) is 4.64. The van der Waals surface area contributed by atoms with E-state index in [1.165, 1.54) is 6.42 Å². The quantitative estimate of drug-likeness (QED) is 0.912. The molecule has 0 unspecified atom stereocenters. The van der Waals surface area contributed by atoms with Crippen LogP contribution in [0, 0.1) is 12.8 Å². The first-order valence-electron chi connectivity index (χ1n) is 9.37. The molecule has 1 saturated carbocycles. The van der Waals surface area contributed by atoms with E-state index in [4.69, 9.17) is 4.74 Å². The number of amides is 2. The summed E-state index contributed by atoms with van der Waals surface area (Å²) >= 11 is 0. The molecule has 136 valence electrons. The van der Waals surface area contributed by atoms with Gasteiger partial charge in [0.15, 0.2) is 6.10 Å². The fraction of sp³-hybridized carbons (Fsp3) is 0.600. The highest BCUT2D eigenvalue weighted by Gasteiger charge is 2.35. The molecule has 2 amide bonds. The van der Waals surface area contributed by atoms with Crippen molar-refractivity contribution in [3.63, 3.8) is 0 Å². The first kappa shape index (κ1) is 17.8. The van der Waals surface area contributed by atoms with Gasteiger partial charge in [0.1, 0.15) is 12.3 Å². The number of rotatable bonds is 4. The molecule has 0 bridgehead atoms. The Hall–Kier alpha value is -2.04. The molecule has 0 radical (unpaired) electrons. The van der Waals surface area contributed by atoms with Crippen molar-refractivity contribution >= 4 is 17.5 Å². The average molecular weight is 344 g/mol. The highest BCUT2D eigenvalue weighted by molar-refractivity contribution is 6.03. The fourth-order valence-corrected chi connectivity index (χ4v) is 3.78. The van der Waals surface area contributed by atoms with Crippen LogP contribution in [0.1, 0.15) is 51.5 Å². The van der Waals surface area contributed by atoms with Crippen LogP contribution in [0.3, 0.4) is 0 Å². The molecule has 0 saturated heterocycles. The summed E-state index contributed by atoms with van der Waals surface area (Å²) in [7, 11) is 0. The molecule has 1 heterocycles. The van der Waals surface area contributed by atoms with Gasteiger partial charge >= 0.3 is 0 Å². The van der Waals surface area contributed by atoms with E-state index < -0.39 is 6.10 Å². The van der Waals surface area contributed by atoms with Crippen LogP contribution in [0.2, 0.25) is 0 Å². The first-order valence-corrected chi connectivity index (χ1v) is 9.37. The summed E-state index contributed by atoms with van der Waals surface area (Å²) in [5.41, 5.74) is 1.73. The van der Waals surface area contributed by atoms with Crippen LogP contribution in [-0.2, 0) is 9.59 Å². The van der Waals surface area contributed by atoms with E-state index in [9.17, 15) is 9.59 Å². The van der Waals surface area contributed by atoms with E-state index in [0.717, 1.165) is 24.8 Å². The summed E-state index contributed by atoms with van der Waals surface area (Å²) in [5, 5.41) is 3.14. The highest BCUT2D eigenvalue weighted by atomic mass is 16.5. The minimum absolute atomic E-state index is 0.0539. The van der Waals surface area contributed by atoms with E-state index >= 15 is 0 Å². The van der Waals surface area contributed by atoms with Crippen LogP contribution >= 0.6 is 0 Å². The molecule has 0 aromatic heterocycles. The SMILES string of the molecule is CC[C@@H]1Oc2ccc(C)cc2N(CC(=O)N[C@H]2CCCC[C@@H]2C)C1=O. The number of benzene rings is 1. The number of carbonyl (C=O) groups is 2. The predicted octanol–water partition coefficient (Wildman–Crippen LogP) is 3.19. The number of carbonyl (C=O) groups excluding carboxylic acids is 2. The Labute approximate surface area is 149 Å². The van der Waals surface area contributed by atoms with Gasteiger partial charge in [-0.15, -0.1) is 0 Å². The minimum atomic E-state index is -0.517. The highest BCUT2D eigenvalue weighted by Crippen LogP contribution is 2.35. The number of fused-ring (bicyclic) bond motifs is 1. The fourth-order valence-electron chi connectivity index (χ4n) is 3.78. The number of nitrogens with zero attached hydrogens (tertiary/aromatic N) is 1. The summed E-state index contributed by atoms with van der Waals surface area (Å²) in [6.45, 7) is 6.14. The van der Waals surface area contributed by atoms with Gasteiger partial charge in [-0.25, -0.2) is 0 Å². The maximum absolute atomic E-state index is 12.7. The van der Waals surface area contributed by atoms with Gasteiger partial charge in [-0.2, -0.15) is 0 Å². The Kier molecular flexibility index (Phi) is 5.30. The molecule has 3 atom stereocenters. The van der Waals surface area contributed by atoms with E-state index in [2.05, 4.69) is 12.2 Å². The van der Waals surface area contributed by atoms with Crippen LogP contribution in [0.25, 0.3) is 0 Å².